The molecule has 1 aromatic heterocycles. The molecule has 242 valence electrons. The van der Waals surface area contributed by atoms with Gasteiger partial charge in [-0.3, -0.25) is 9.59 Å². The first kappa shape index (κ1) is 34.5. The SMILES string of the molecule is CCC(C)C(NC(=O)OCc1ccccc1)C(=O)N[C@]1(C(=O)N[C@H](C(N)=S)[C@@H](C)CC)CCc2[nH]c3c(Cl)cc(Cl)cc3c2C1. The molecular weight excluding hydrogens is 633 g/mol. The number of aryl methyl sites for hydroxylation is 1. The Kier molecular flexibility index (Phi) is 11.4. The van der Waals surface area contributed by atoms with Gasteiger partial charge < -0.3 is 31.4 Å². The fourth-order valence-corrected chi connectivity index (χ4v) is 6.58. The van der Waals surface area contributed by atoms with Gasteiger partial charge in [0, 0.05) is 22.5 Å². The van der Waals surface area contributed by atoms with Crippen molar-refractivity contribution in [1.82, 2.24) is 20.9 Å². The topological polar surface area (TPSA) is 138 Å². The van der Waals surface area contributed by atoms with Gasteiger partial charge in [0.2, 0.25) is 11.8 Å². The normalized spacial score (nSPS) is 18.6. The predicted molar refractivity (Wildman–Crippen MR) is 182 cm³/mol. The van der Waals surface area contributed by atoms with Crippen LogP contribution in [-0.2, 0) is 33.8 Å². The molecule has 0 saturated heterocycles. The molecule has 0 radical (unpaired) electrons. The second-order valence-corrected chi connectivity index (χ2v) is 13.3. The molecule has 9 nitrogen and oxygen atoms in total. The summed E-state index contributed by atoms with van der Waals surface area (Å²) in [7, 11) is 0. The summed E-state index contributed by atoms with van der Waals surface area (Å²) in [6, 6.07) is 11.2. The zero-order chi connectivity index (χ0) is 32.9. The smallest absolute Gasteiger partial charge is 0.408 e. The molecule has 2 unspecified atom stereocenters. The lowest BCUT2D eigenvalue weighted by molar-refractivity contribution is -0.136. The van der Waals surface area contributed by atoms with Crippen LogP contribution in [-0.4, -0.2) is 45.5 Å². The summed E-state index contributed by atoms with van der Waals surface area (Å²) in [4.78, 5) is 44.8. The Morgan fingerprint density at radius 1 is 1.04 bits per heavy atom. The van der Waals surface area contributed by atoms with Crippen LogP contribution in [0.4, 0.5) is 4.79 Å². The van der Waals surface area contributed by atoms with Crippen LogP contribution in [0, 0.1) is 11.8 Å². The Labute approximate surface area is 279 Å². The number of thiocarbonyl (C=S) groups is 1. The van der Waals surface area contributed by atoms with E-state index in [1.54, 1.807) is 12.1 Å². The van der Waals surface area contributed by atoms with Gasteiger partial charge in [-0.1, -0.05) is 106 Å². The van der Waals surface area contributed by atoms with Crippen molar-refractivity contribution in [3.8, 4) is 0 Å². The maximum atomic E-state index is 14.3. The number of fused-ring (bicyclic) bond motifs is 3. The van der Waals surface area contributed by atoms with Gasteiger partial charge in [0.1, 0.15) is 18.2 Å². The number of rotatable bonds is 12. The number of halogens is 2. The highest BCUT2D eigenvalue weighted by atomic mass is 35.5. The molecule has 3 amide bonds. The summed E-state index contributed by atoms with van der Waals surface area (Å²) in [5.41, 5.74) is 7.97. The molecular formula is C33H41Cl2N5O4S. The molecule has 0 fully saturated rings. The van der Waals surface area contributed by atoms with Gasteiger partial charge in [-0.2, -0.15) is 0 Å². The van der Waals surface area contributed by atoms with E-state index < -0.39 is 35.5 Å². The predicted octanol–water partition coefficient (Wildman–Crippen LogP) is 5.98. The van der Waals surface area contributed by atoms with Crippen LogP contribution in [0.3, 0.4) is 0 Å². The lowest BCUT2D eigenvalue weighted by Gasteiger charge is -2.39. The largest absolute Gasteiger partial charge is 0.445 e. The van der Waals surface area contributed by atoms with Crippen molar-refractivity contribution >= 4 is 69.2 Å². The first-order valence-electron chi connectivity index (χ1n) is 15.3. The highest BCUT2D eigenvalue weighted by Crippen LogP contribution is 2.38. The van der Waals surface area contributed by atoms with Crippen molar-refractivity contribution in [2.45, 2.75) is 84.0 Å². The minimum atomic E-state index is -1.38. The number of alkyl carbamates (subject to hydrolysis) is 1. The van der Waals surface area contributed by atoms with Gasteiger partial charge in [0.25, 0.3) is 0 Å². The van der Waals surface area contributed by atoms with Crippen LogP contribution < -0.4 is 21.7 Å². The van der Waals surface area contributed by atoms with Crippen molar-refractivity contribution in [1.29, 1.82) is 0 Å². The summed E-state index contributed by atoms with van der Waals surface area (Å²) in [5.74, 6) is -1.19. The van der Waals surface area contributed by atoms with E-state index in [4.69, 9.17) is 45.9 Å². The molecule has 1 aliphatic carbocycles. The molecule has 45 heavy (non-hydrogen) atoms. The highest BCUT2D eigenvalue weighted by Gasteiger charge is 2.46. The van der Waals surface area contributed by atoms with Gasteiger partial charge in [-0.25, -0.2) is 4.79 Å². The van der Waals surface area contributed by atoms with Gasteiger partial charge in [-0.15, -0.1) is 0 Å². The van der Waals surface area contributed by atoms with E-state index in [2.05, 4.69) is 20.9 Å². The average Bonchev–Trinajstić information content (AvgIpc) is 3.38. The number of H-pyrrole nitrogens is 1. The summed E-state index contributed by atoms with van der Waals surface area (Å²) in [5, 5.41) is 10.6. The van der Waals surface area contributed by atoms with E-state index in [1.165, 1.54) is 0 Å². The van der Waals surface area contributed by atoms with Crippen molar-refractivity contribution in [2.24, 2.45) is 17.6 Å². The number of hydrogen-bond acceptors (Lipinski definition) is 5. The number of aromatic amines is 1. The summed E-state index contributed by atoms with van der Waals surface area (Å²) in [6.07, 6.45) is 1.50. The van der Waals surface area contributed by atoms with Crippen LogP contribution >= 0.6 is 35.4 Å². The molecule has 2 aromatic carbocycles. The van der Waals surface area contributed by atoms with E-state index in [9.17, 15) is 14.4 Å². The van der Waals surface area contributed by atoms with E-state index in [1.807, 2.05) is 58.0 Å². The third-order valence-corrected chi connectivity index (χ3v) is 9.66. The van der Waals surface area contributed by atoms with Gasteiger partial charge >= 0.3 is 6.09 Å². The number of carbonyl (C=O) groups is 3. The van der Waals surface area contributed by atoms with Crippen LogP contribution in [0.25, 0.3) is 10.9 Å². The van der Waals surface area contributed by atoms with E-state index >= 15 is 0 Å². The number of hydrogen-bond donors (Lipinski definition) is 5. The maximum Gasteiger partial charge on any atom is 0.408 e. The van der Waals surface area contributed by atoms with Crippen molar-refractivity contribution in [2.75, 3.05) is 0 Å². The fourth-order valence-electron chi connectivity index (χ4n) is 5.74. The first-order chi connectivity index (χ1) is 21.4. The summed E-state index contributed by atoms with van der Waals surface area (Å²) < 4.78 is 5.42. The Bertz CT molecular complexity index is 1570. The van der Waals surface area contributed by atoms with Gasteiger partial charge in [0.15, 0.2) is 0 Å². The number of ether oxygens (including phenoxy) is 1. The van der Waals surface area contributed by atoms with Crippen molar-refractivity contribution < 1.29 is 19.1 Å². The van der Waals surface area contributed by atoms with Crippen molar-refractivity contribution in [3.63, 3.8) is 0 Å². The van der Waals surface area contributed by atoms with Crippen LogP contribution in [0.1, 0.15) is 63.8 Å². The van der Waals surface area contributed by atoms with E-state index in [0.717, 1.165) is 34.1 Å². The maximum absolute atomic E-state index is 14.3. The lowest BCUT2D eigenvalue weighted by atomic mass is 9.78. The standard InChI is InChI=1S/C33H41Cl2N5O4S/c1-5-18(3)26(29(36)45)38-31(42)33(13-12-25-23(16-33)22-14-21(34)15-24(35)28(22)37-25)40-30(41)27(19(4)6-2)39-32(43)44-17-20-10-8-7-9-11-20/h7-11,14-15,18-19,26-27,37H,5-6,12-13,16-17H2,1-4H3,(H2,36,45)(H,38,42)(H,39,43)(H,40,41)/t18-,19?,26-,27?,33+/m0/s1. The zero-order valence-electron chi connectivity index (χ0n) is 26.0. The zero-order valence-corrected chi connectivity index (χ0v) is 28.3. The fraction of sp³-hybridized carbons (Fsp3) is 0.455. The Hall–Kier alpha value is -3.34. The second kappa shape index (κ2) is 14.8. The van der Waals surface area contributed by atoms with Gasteiger partial charge in [0.05, 0.1) is 21.6 Å². The number of amides is 3. The summed E-state index contributed by atoms with van der Waals surface area (Å²) in [6.45, 7) is 7.80. The minimum absolute atomic E-state index is 0.0297. The monoisotopic (exact) mass is 673 g/mol. The number of carbonyl (C=O) groups excluding carboxylic acids is 3. The first-order valence-corrected chi connectivity index (χ1v) is 16.4. The molecule has 1 heterocycles. The van der Waals surface area contributed by atoms with Crippen LogP contribution in [0.5, 0.6) is 0 Å². The van der Waals surface area contributed by atoms with Crippen LogP contribution in [0.15, 0.2) is 42.5 Å². The molecule has 0 bridgehead atoms. The molecule has 1 aliphatic rings. The molecule has 3 aromatic rings. The number of aromatic nitrogens is 1. The number of benzene rings is 2. The molecule has 0 aliphatic heterocycles. The lowest BCUT2D eigenvalue weighted by Crippen LogP contribution is -2.67. The van der Waals surface area contributed by atoms with E-state index in [-0.39, 0.29) is 36.3 Å². The highest BCUT2D eigenvalue weighted by molar-refractivity contribution is 7.80. The average molecular weight is 675 g/mol. The van der Waals surface area contributed by atoms with Crippen LogP contribution in [0.2, 0.25) is 10.0 Å². The Morgan fingerprint density at radius 2 is 1.71 bits per heavy atom. The molecule has 0 spiro atoms. The van der Waals surface area contributed by atoms with Gasteiger partial charge in [-0.05, 0) is 47.9 Å². The molecule has 5 atom stereocenters. The third kappa shape index (κ3) is 7.91. The third-order valence-electron chi connectivity index (χ3n) is 8.89. The molecule has 0 saturated carbocycles. The Morgan fingerprint density at radius 3 is 2.36 bits per heavy atom. The minimum Gasteiger partial charge on any atom is -0.445 e. The van der Waals surface area contributed by atoms with Crippen molar-refractivity contribution in [3.05, 3.63) is 69.3 Å². The molecule has 4 rings (SSSR count). The number of nitrogens with two attached hydrogens (primary N) is 1. The second-order valence-electron chi connectivity index (χ2n) is 11.9. The quantitative estimate of drug-likeness (QED) is 0.150. The van der Waals surface area contributed by atoms with E-state index in [0.29, 0.717) is 22.9 Å². The molecule has 6 N–H and O–H groups in total. The Balaban J connectivity index is 1.66. The summed E-state index contributed by atoms with van der Waals surface area (Å²) >= 11 is 18.2. The molecule has 12 heteroatoms. The number of nitrogens with one attached hydrogen (secondary N) is 4.